The molecule has 148 valence electrons. The van der Waals surface area contributed by atoms with Gasteiger partial charge in [0.25, 0.3) is 5.91 Å². The van der Waals surface area contributed by atoms with Crippen LogP contribution < -0.4 is 0 Å². The first kappa shape index (κ1) is 19.1. The van der Waals surface area contributed by atoms with Crippen LogP contribution in [0.3, 0.4) is 0 Å². The number of benzene rings is 3. The molecule has 0 saturated carbocycles. The van der Waals surface area contributed by atoms with E-state index in [-0.39, 0.29) is 5.91 Å². The minimum Gasteiger partial charge on any atom is -0.342 e. The molecule has 1 saturated heterocycles. The number of aromatic nitrogens is 1. The number of hydrogen-bond acceptors (Lipinski definition) is 3. The summed E-state index contributed by atoms with van der Waals surface area (Å²) in [5.41, 5.74) is 3.45. The van der Waals surface area contributed by atoms with Crippen molar-refractivity contribution in [1.29, 1.82) is 0 Å². The lowest BCUT2D eigenvalue weighted by Crippen LogP contribution is -2.27. The number of amides is 1. The number of carbonyl (C=O) groups is 1. The van der Waals surface area contributed by atoms with Crippen LogP contribution in [0.15, 0.2) is 77.8 Å². The van der Waals surface area contributed by atoms with E-state index in [0.717, 1.165) is 23.0 Å². The summed E-state index contributed by atoms with van der Waals surface area (Å²) in [4.78, 5) is 15.0. The number of rotatable bonds is 4. The molecule has 1 aliphatic rings. The highest BCUT2D eigenvalue weighted by Crippen LogP contribution is 2.34. The van der Waals surface area contributed by atoms with E-state index in [4.69, 9.17) is 12.2 Å². The zero-order valence-corrected chi connectivity index (χ0v) is 18.2. The SMILES string of the molecule is CCN1C(=O)/C(=C\c2cn(Cc3ccc4ccccc4c3)c3ccccc23)SC1=S. The van der Waals surface area contributed by atoms with E-state index < -0.39 is 0 Å². The first-order chi connectivity index (χ1) is 14.6. The number of likely N-dealkylation sites (N-methyl/N-ethyl adjacent to an activating group) is 1. The van der Waals surface area contributed by atoms with Crippen molar-refractivity contribution in [3.63, 3.8) is 0 Å². The third-order valence-electron chi connectivity index (χ3n) is 5.46. The fraction of sp³-hybridized carbons (Fsp3) is 0.120. The third-order valence-corrected chi connectivity index (χ3v) is 6.84. The molecule has 30 heavy (non-hydrogen) atoms. The van der Waals surface area contributed by atoms with Crippen molar-refractivity contribution in [3.8, 4) is 0 Å². The maximum absolute atomic E-state index is 12.7. The van der Waals surface area contributed by atoms with E-state index in [2.05, 4.69) is 71.4 Å². The van der Waals surface area contributed by atoms with Gasteiger partial charge >= 0.3 is 0 Å². The van der Waals surface area contributed by atoms with Crippen molar-refractivity contribution in [2.75, 3.05) is 6.54 Å². The van der Waals surface area contributed by atoms with Gasteiger partial charge in [-0.1, -0.05) is 78.6 Å². The van der Waals surface area contributed by atoms with Crippen LogP contribution in [0.25, 0.3) is 27.8 Å². The third kappa shape index (κ3) is 3.34. The summed E-state index contributed by atoms with van der Waals surface area (Å²) in [6, 6.07) is 23.4. The van der Waals surface area contributed by atoms with Crippen LogP contribution in [-0.2, 0) is 11.3 Å². The summed E-state index contributed by atoms with van der Waals surface area (Å²) in [6.45, 7) is 3.32. The van der Waals surface area contributed by atoms with Gasteiger partial charge < -0.3 is 4.57 Å². The topological polar surface area (TPSA) is 25.2 Å². The lowest BCUT2D eigenvalue weighted by molar-refractivity contribution is -0.121. The summed E-state index contributed by atoms with van der Waals surface area (Å²) in [6.07, 6.45) is 4.12. The predicted molar refractivity (Wildman–Crippen MR) is 131 cm³/mol. The predicted octanol–water partition coefficient (Wildman–Crippen LogP) is 6.06. The van der Waals surface area contributed by atoms with E-state index in [1.807, 2.05) is 19.1 Å². The molecule has 1 amide bonds. The molecular weight excluding hydrogens is 408 g/mol. The Balaban J connectivity index is 1.55. The van der Waals surface area contributed by atoms with Crippen LogP contribution in [0.2, 0.25) is 0 Å². The maximum Gasteiger partial charge on any atom is 0.266 e. The fourth-order valence-electron chi connectivity index (χ4n) is 3.97. The highest BCUT2D eigenvalue weighted by molar-refractivity contribution is 8.26. The van der Waals surface area contributed by atoms with E-state index in [0.29, 0.717) is 15.8 Å². The largest absolute Gasteiger partial charge is 0.342 e. The zero-order valence-electron chi connectivity index (χ0n) is 16.5. The number of thioether (sulfide) groups is 1. The Labute approximate surface area is 185 Å². The monoisotopic (exact) mass is 428 g/mol. The van der Waals surface area contributed by atoms with Gasteiger partial charge in [-0.3, -0.25) is 9.69 Å². The van der Waals surface area contributed by atoms with Crippen LogP contribution >= 0.6 is 24.0 Å². The number of carbonyl (C=O) groups excluding carboxylic acids is 1. The van der Waals surface area contributed by atoms with Gasteiger partial charge in [0.05, 0.1) is 4.91 Å². The summed E-state index contributed by atoms with van der Waals surface area (Å²) < 4.78 is 2.89. The standard InChI is InChI=1S/C25H20N2OS2/c1-2-27-24(28)23(30-25(27)29)14-20-16-26(22-10-6-5-9-21(20)22)15-17-11-12-18-7-3-4-8-19(18)13-17/h3-14,16H,2,15H2,1H3/b23-14+. The van der Waals surface area contributed by atoms with Gasteiger partial charge in [-0.2, -0.15) is 0 Å². The molecule has 0 atom stereocenters. The number of thiocarbonyl (C=S) groups is 1. The van der Waals surface area contributed by atoms with Gasteiger partial charge in [0.15, 0.2) is 0 Å². The average Bonchev–Trinajstić information content (AvgIpc) is 3.24. The Morgan fingerprint density at radius 2 is 1.77 bits per heavy atom. The first-order valence-corrected chi connectivity index (χ1v) is 11.2. The van der Waals surface area contributed by atoms with E-state index in [9.17, 15) is 4.79 Å². The number of hydrogen-bond donors (Lipinski definition) is 0. The summed E-state index contributed by atoms with van der Waals surface area (Å²) in [5, 5.41) is 3.63. The molecule has 2 heterocycles. The molecule has 1 aromatic heterocycles. The Bertz CT molecular complexity index is 1340. The van der Waals surface area contributed by atoms with Gasteiger partial charge in [0.1, 0.15) is 4.32 Å². The van der Waals surface area contributed by atoms with Gasteiger partial charge in [0.2, 0.25) is 0 Å². The highest BCUT2D eigenvalue weighted by Gasteiger charge is 2.30. The second-order valence-corrected chi connectivity index (χ2v) is 9.01. The van der Waals surface area contributed by atoms with Crippen molar-refractivity contribution < 1.29 is 4.79 Å². The maximum atomic E-state index is 12.7. The number of nitrogens with zero attached hydrogens (tertiary/aromatic N) is 2. The van der Waals surface area contributed by atoms with Crippen LogP contribution in [0.1, 0.15) is 18.1 Å². The molecule has 1 fully saturated rings. The Hall–Kier alpha value is -2.89. The Morgan fingerprint density at radius 1 is 1.00 bits per heavy atom. The van der Waals surface area contributed by atoms with E-state index >= 15 is 0 Å². The molecular formula is C25H20N2OS2. The van der Waals surface area contributed by atoms with Crippen molar-refractivity contribution >= 4 is 62.0 Å². The molecule has 5 heteroatoms. The molecule has 0 spiro atoms. The molecule has 0 aliphatic carbocycles. The summed E-state index contributed by atoms with van der Waals surface area (Å²) in [5.74, 6) is -0.00106. The van der Waals surface area contributed by atoms with Crippen molar-refractivity contribution in [2.24, 2.45) is 0 Å². The van der Waals surface area contributed by atoms with Crippen molar-refractivity contribution in [2.45, 2.75) is 13.5 Å². The van der Waals surface area contributed by atoms with E-state index in [1.54, 1.807) is 4.90 Å². The van der Waals surface area contributed by atoms with Gasteiger partial charge in [-0.15, -0.1) is 0 Å². The Kier molecular flexibility index (Phi) is 4.93. The quantitative estimate of drug-likeness (QED) is 0.292. The number of fused-ring (bicyclic) bond motifs is 2. The first-order valence-electron chi connectivity index (χ1n) is 9.95. The van der Waals surface area contributed by atoms with Crippen LogP contribution in [0, 0.1) is 0 Å². The van der Waals surface area contributed by atoms with E-state index in [1.165, 1.54) is 28.1 Å². The molecule has 4 aromatic rings. The van der Waals surface area contributed by atoms with Crippen molar-refractivity contribution in [3.05, 3.63) is 89.0 Å². The van der Waals surface area contributed by atoms with Gasteiger partial charge in [-0.25, -0.2) is 0 Å². The zero-order chi connectivity index (χ0) is 20.7. The fourth-order valence-corrected chi connectivity index (χ4v) is 5.34. The second-order valence-electron chi connectivity index (χ2n) is 7.34. The lowest BCUT2D eigenvalue weighted by Gasteiger charge is -2.09. The Morgan fingerprint density at radius 3 is 2.57 bits per heavy atom. The normalized spacial score (nSPS) is 15.8. The lowest BCUT2D eigenvalue weighted by atomic mass is 10.1. The van der Waals surface area contributed by atoms with Crippen LogP contribution in [0.5, 0.6) is 0 Å². The summed E-state index contributed by atoms with van der Waals surface area (Å²) in [7, 11) is 0. The molecule has 0 bridgehead atoms. The minimum absolute atomic E-state index is 0.00106. The molecule has 5 rings (SSSR count). The number of para-hydroxylation sites is 1. The van der Waals surface area contributed by atoms with Gasteiger partial charge in [0, 0.05) is 35.8 Å². The second kappa shape index (κ2) is 7.74. The van der Waals surface area contributed by atoms with Crippen LogP contribution in [-0.4, -0.2) is 26.2 Å². The molecule has 0 radical (unpaired) electrons. The van der Waals surface area contributed by atoms with Crippen molar-refractivity contribution in [1.82, 2.24) is 9.47 Å². The smallest absolute Gasteiger partial charge is 0.266 e. The molecule has 3 aromatic carbocycles. The minimum atomic E-state index is -0.00106. The van der Waals surface area contributed by atoms with Gasteiger partial charge in [-0.05, 0) is 41.5 Å². The molecule has 1 aliphatic heterocycles. The molecule has 0 unspecified atom stereocenters. The molecule has 3 nitrogen and oxygen atoms in total. The molecule has 0 N–H and O–H groups in total. The summed E-state index contributed by atoms with van der Waals surface area (Å²) >= 11 is 6.74. The highest BCUT2D eigenvalue weighted by atomic mass is 32.2. The average molecular weight is 429 g/mol. The van der Waals surface area contributed by atoms with Crippen LogP contribution in [0.4, 0.5) is 0 Å².